The van der Waals surface area contributed by atoms with Crippen molar-refractivity contribution < 1.29 is 9.47 Å². The highest BCUT2D eigenvalue weighted by atomic mass is 16.6. The van der Waals surface area contributed by atoms with Crippen LogP contribution < -0.4 is 0 Å². The van der Waals surface area contributed by atoms with E-state index in [-0.39, 0.29) is 5.60 Å². The molecule has 2 rings (SSSR count). The Balaban J connectivity index is 2.00. The van der Waals surface area contributed by atoms with Crippen LogP contribution in [0.4, 0.5) is 0 Å². The molecule has 0 aromatic carbocycles. The van der Waals surface area contributed by atoms with E-state index in [1.165, 1.54) is 25.7 Å². The van der Waals surface area contributed by atoms with Crippen molar-refractivity contribution in [2.75, 3.05) is 13.7 Å². The Kier molecular flexibility index (Phi) is 2.13. The van der Waals surface area contributed by atoms with Gasteiger partial charge < -0.3 is 9.47 Å². The van der Waals surface area contributed by atoms with Crippen LogP contribution in [0.15, 0.2) is 0 Å². The Hall–Kier alpha value is -0.0800. The Morgan fingerprint density at radius 1 is 1.33 bits per heavy atom. The van der Waals surface area contributed by atoms with Gasteiger partial charge in [-0.3, -0.25) is 0 Å². The van der Waals surface area contributed by atoms with E-state index in [2.05, 4.69) is 6.92 Å². The minimum absolute atomic E-state index is 0.168. The highest BCUT2D eigenvalue weighted by molar-refractivity contribution is 4.98. The molecule has 0 amide bonds. The quantitative estimate of drug-likeness (QED) is 0.591. The minimum atomic E-state index is 0.168. The van der Waals surface area contributed by atoms with Gasteiger partial charge >= 0.3 is 0 Å². The maximum absolute atomic E-state index is 5.49. The van der Waals surface area contributed by atoms with E-state index in [0.717, 1.165) is 6.61 Å². The van der Waals surface area contributed by atoms with Crippen molar-refractivity contribution in [2.45, 2.75) is 44.3 Å². The summed E-state index contributed by atoms with van der Waals surface area (Å²) in [7, 11) is 1.83. The summed E-state index contributed by atoms with van der Waals surface area (Å²) in [5.41, 5.74) is 0.168. The van der Waals surface area contributed by atoms with Gasteiger partial charge in [-0.25, -0.2) is 0 Å². The molecule has 1 aliphatic carbocycles. The van der Waals surface area contributed by atoms with Crippen LogP contribution in [0.1, 0.15) is 32.6 Å². The normalized spacial score (nSPS) is 47.5. The third-order valence-corrected chi connectivity index (χ3v) is 3.39. The van der Waals surface area contributed by atoms with Crippen molar-refractivity contribution >= 4 is 0 Å². The first kappa shape index (κ1) is 8.52. The van der Waals surface area contributed by atoms with Crippen LogP contribution in [0, 0.1) is 5.92 Å². The first-order valence-corrected chi connectivity index (χ1v) is 4.93. The van der Waals surface area contributed by atoms with Crippen LogP contribution in [-0.4, -0.2) is 25.4 Å². The second kappa shape index (κ2) is 3.00. The Bertz CT molecular complexity index is 163. The van der Waals surface area contributed by atoms with Gasteiger partial charge in [0.2, 0.25) is 0 Å². The lowest BCUT2D eigenvalue weighted by atomic mass is 9.78. The predicted molar refractivity (Wildman–Crippen MR) is 47.1 cm³/mol. The second-order valence-corrected chi connectivity index (χ2v) is 4.27. The zero-order valence-corrected chi connectivity index (χ0v) is 8.01. The maximum Gasteiger partial charge on any atom is 0.0941 e. The summed E-state index contributed by atoms with van der Waals surface area (Å²) in [6, 6.07) is 0. The predicted octanol–water partition coefficient (Wildman–Crippen LogP) is 1.98. The largest absolute Gasteiger partial charge is 0.381 e. The molecule has 1 aliphatic heterocycles. The van der Waals surface area contributed by atoms with Gasteiger partial charge in [-0.2, -0.15) is 0 Å². The fraction of sp³-hybridized carbons (Fsp3) is 1.00. The third kappa shape index (κ3) is 1.38. The lowest BCUT2D eigenvalue weighted by molar-refractivity contribution is -0.00768. The van der Waals surface area contributed by atoms with Crippen molar-refractivity contribution in [1.29, 1.82) is 0 Å². The van der Waals surface area contributed by atoms with Crippen molar-refractivity contribution in [2.24, 2.45) is 5.92 Å². The molecule has 1 saturated heterocycles. The number of epoxide rings is 1. The van der Waals surface area contributed by atoms with Gasteiger partial charge in [0.15, 0.2) is 0 Å². The molecule has 0 radical (unpaired) electrons. The highest BCUT2D eigenvalue weighted by Crippen LogP contribution is 2.43. The molecule has 3 unspecified atom stereocenters. The molecular weight excluding hydrogens is 152 g/mol. The van der Waals surface area contributed by atoms with Gasteiger partial charge in [0.25, 0.3) is 0 Å². The number of hydrogen-bond donors (Lipinski definition) is 0. The third-order valence-electron chi connectivity index (χ3n) is 3.39. The maximum atomic E-state index is 5.49. The summed E-state index contributed by atoms with van der Waals surface area (Å²) in [5.74, 6) is 0.649. The Morgan fingerprint density at radius 3 is 2.58 bits per heavy atom. The average molecular weight is 170 g/mol. The van der Waals surface area contributed by atoms with Crippen molar-refractivity contribution in [3.63, 3.8) is 0 Å². The Labute approximate surface area is 74.2 Å². The summed E-state index contributed by atoms with van der Waals surface area (Å²) in [5, 5.41) is 0. The van der Waals surface area contributed by atoms with Crippen LogP contribution in [0.3, 0.4) is 0 Å². The molecule has 2 fully saturated rings. The molecule has 0 aromatic rings. The van der Waals surface area contributed by atoms with Crippen LogP contribution in [0.25, 0.3) is 0 Å². The number of methoxy groups -OCH3 is 1. The first-order chi connectivity index (χ1) is 5.76. The lowest BCUT2D eigenvalue weighted by Gasteiger charge is -2.33. The van der Waals surface area contributed by atoms with Crippen LogP contribution in [0.2, 0.25) is 0 Å². The van der Waals surface area contributed by atoms with Crippen LogP contribution >= 0.6 is 0 Å². The SMILES string of the molecule is COC1CCCCC1C1(C)CO1. The van der Waals surface area contributed by atoms with E-state index < -0.39 is 0 Å². The lowest BCUT2D eigenvalue weighted by Crippen LogP contribution is -2.36. The summed E-state index contributed by atoms with van der Waals surface area (Å²) in [6.45, 7) is 3.16. The highest BCUT2D eigenvalue weighted by Gasteiger charge is 2.50. The second-order valence-electron chi connectivity index (χ2n) is 4.27. The Morgan fingerprint density at radius 2 is 2.00 bits per heavy atom. The molecule has 1 saturated carbocycles. The van der Waals surface area contributed by atoms with E-state index in [1.807, 2.05) is 7.11 Å². The molecule has 0 aromatic heterocycles. The standard InChI is InChI=1S/C10H18O2/c1-10(7-12-10)8-5-3-4-6-9(8)11-2/h8-9H,3-7H2,1-2H3. The fourth-order valence-corrected chi connectivity index (χ4v) is 2.41. The molecule has 12 heavy (non-hydrogen) atoms. The van der Waals surface area contributed by atoms with E-state index in [1.54, 1.807) is 0 Å². The molecule has 70 valence electrons. The van der Waals surface area contributed by atoms with E-state index in [4.69, 9.17) is 9.47 Å². The van der Waals surface area contributed by atoms with Crippen LogP contribution in [-0.2, 0) is 9.47 Å². The zero-order chi connectivity index (χ0) is 8.60. The molecule has 0 N–H and O–H groups in total. The number of hydrogen-bond acceptors (Lipinski definition) is 2. The van der Waals surface area contributed by atoms with Crippen molar-refractivity contribution in [3.05, 3.63) is 0 Å². The smallest absolute Gasteiger partial charge is 0.0941 e. The van der Waals surface area contributed by atoms with Gasteiger partial charge in [-0.1, -0.05) is 12.8 Å². The van der Waals surface area contributed by atoms with Gasteiger partial charge in [0.1, 0.15) is 0 Å². The van der Waals surface area contributed by atoms with Crippen molar-refractivity contribution in [3.8, 4) is 0 Å². The minimum Gasteiger partial charge on any atom is -0.381 e. The summed E-state index contributed by atoms with van der Waals surface area (Å²) < 4.78 is 11.0. The van der Waals surface area contributed by atoms with E-state index in [0.29, 0.717) is 12.0 Å². The zero-order valence-electron chi connectivity index (χ0n) is 8.01. The van der Waals surface area contributed by atoms with Gasteiger partial charge in [0.05, 0.1) is 18.3 Å². The molecule has 2 nitrogen and oxygen atoms in total. The van der Waals surface area contributed by atoms with E-state index in [9.17, 15) is 0 Å². The molecule has 2 heteroatoms. The van der Waals surface area contributed by atoms with Gasteiger partial charge in [0, 0.05) is 13.0 Å². The molecular formula is C10H18O2. The molecule has 1 heterocycles. The summed E-state index contributed by atoms with van der Waals surface area (Å²) in [6.07, 6.45) is 5.63. The van der Waals surface area contributed by atoms with Gasteiger partial charge in [-0.15, -0.1) is 0 Å². The van der Waals surface area contributed by atoms with Crippen LogP contribution in [0.5, 0.6) is 0 Å². The number of rotatable bonds is 2. The van der Waals surface area contributed by atoms with Crippen molar-refractivity contribution in [1.82, 2.24) is 0 Å². The summed E-state index contributed by atoms with van der Waals surface area (Å²) in [4.78, 5) is 0. The molecule has 2 aliphatic rings. The average Bonchev–Trinajstić information content (AvgIpc) is 2.85. The molecule has 0 spiro atoms. The van der Waals surface area contributed by atoms with Gasteiger partial charge in [-0.05, 0) is 19.8 Å². The fourth-order valence-electron chi connectivity index (χ4n) is 2.41. The first-order valence-electron chi connectivity index (χ1n) is 4.93. The number of ether oxygens (including phenoxy) is 2. The molecule has 3 atom stereocenters. The molecule has 0 bridgehead atoms. The topological polar surface area (TPSA) is 21.8 Å². The van der Waals surface area contributed by atoms with E-state index >= 15 is 0 Å². The summed E-state index contributed by atoms with van der Waals surface area (Å²) >= 11 is 0. The monoisotopic (exact) mass is 170 g/mol.